The van der Waals surface area contributed by atoms with E-state index in [1.54, 1.807) is 12.1 Å². The van der Waals surface area contributed by atoms with E-state index in [0.29, 0.717) is 17.9 Å². The lowest BCUT2D eigenvalue weighted by molar-refractivity contribution is -0.0719. The molecule has 2 atom stereocenters. The summed E-state index contributed by atoms with van der Waals surface area (Å²) in [7, 11) is 1.51. The lowest BCUT2D eigenvalue weighted by Gasteiger charge is -2.28. The first-order chi connectivity index (χ1) is 9.19. The van der Waals surface area contributed by atoms with E-state index in [2.05, 4.69) is 5.32 Å². The van der Waals surface area contributed by atoms with Crippen molar-refractivity contribution in [1.29, 1.82) is 0 Å². The van der Waals surface area contributed by atoms with Crippen molar-refractivity contribution in [2.45, 2.75) is 25.7 Å². The lowest BCUT2D eigenvalue weighted by Crippen LogP contribution is -2.45. The van der Waals surface area contributed by atoms with E-state index in [1.165, 1.54) is 13.2 Å². The molecule has 0 spiro atoms. The van der Waals surface area contributed by atoms with Crippen LogP contribution in [-0.4, -0.2) is 39.0 Å². The monoisotopic (exact) mass is 269 g/mol. The topological polar surface area (TPSA) is 39.7 Å². The van der Waals surface area contributed by atoms with Crippen LogP contribution < -0.4 is 10.1 Å². The number of nitrogens with one attached hydrogen (secondary N) is 1. The Morgan fingerprint density at radius 2 is 2.26 bits per heavy atom. The van der Waals surface area contributed by atoms with Crippen molar-refractivity contribution in [2.24, 2.45) is 0 Å². The van der Waals surface area contributed by atoms with E-state index in [1.807, 2.05) is 6.92 Å². The van der Waals surface area contributed by atoms with Crippen LogP contribution in [0.2, 0.25) is 0 Å². The van der Waals surface area contributed by atoms with E-state index in [0.717, 1.165) is 13.1 Å². The molecule has 1 fully saturated rings. The average Bonchev–Trinajstić information content (AvgIpc) is 2.40. The minimum atomic E-state index is -0.310. The van der Waals surface area contributed by atoms with Crippen molar-refractivity contribution >= 4 is 0 Å². The summed E-state index contributed by atoms with van der Waals surface area (Å²) in [6.07, 6.45) is 0.227. The molecule has 1 aliphatic rings. The number of halogens is 1. The van der Waals surface area contributed by atoms with Gasteiger partial charge in [-0.2, -0.15) is 0 Å². The Labute approximate surface area is 112 Å². The van der Waals surface area contributed by atoms with Crippen LogP contribution in [-0.2, 0) is 16.1 Å². The molecule has 1 saturated heterocycles. The highest BCUT2D eigenvalue weighted by molar-refractivity contribution is 5.28. The number of hydrogen-bond acceptors (Lipinski definition) is 4. The van der Waals surface area contributed by atoms with Crippen LogP contribution in [0.25, 0.3) is 0 Å². The van der Waals surface area contributed by atoms with Gasteiger partial charge in [0.1, 0.15) is 11.6 Å². The molecule has 2 rings (SSSR count). The van der Waals surface area contributed by atoms with Gasteiger partial charge in [-0.3, -0.25) is 0 Å². The largest absolute Gasteiger partial charge is 0.497 e. The van der Waals surface area contributed by atoms with Crippen LogP contribution in [0.1, 0.15) is 12.5 Å². The summed E-state index contributed by atoms with van der Waals surface area (Å²) < 4.78 is 29.8. The molecule has 0 amide bonds. The molecule has 0 bridgehead atoms. The number of rotatable bonds is 5. The van der Waals surface area contributed by atoms with Crippen LogP contribution in [0.4, 0.5) is 4.39 Å². The number of benzene rings is 1. The normalized spacial score (nSPS) is 23.3. The second-order valence-corrected chi connectivity index (χ2v) is 4.70. The predicted molar refractivity (Wildman–Crippen MR) is 69.8 cm³/mol. The molecule has 4 nitrogen and oxygen atoms in total. The third kappa shape index (κ3) is 4.16. The number of hydrogen-bond donors (Lipinski definition) is 1. The first kappa shape index (κ1) is 14.2. The molecule has 19 heavy (non-hydrogen) atoms. The summed E-state index contributed by atoms with van der Waals surface area (Å²) in [6, 6.07) is 4.76. The summed E-state index contributed by atoms with van der Waals surface area (Å²) >= 11 is 0. The Morgan fingerprint density at radius 3 is 2.95 bits per heavy atom. The fourth-order valence-corrected chi connectivity index (χ4v) is 2.04. The molecule has 0 aromatic heterocycles. The van der Waals surface area contributed by atoms with Gasteiger partial charge < -0.3 is 19.5 Å². The SMILES string of the molecule is COc1ccc(COCC2CNCC(C)O2)c(F)c1. The molecule has 106 valence electrons. The Morgan fingerprint density at radius 1 is 1.42 bits per heavy atom. The zero-order valence-corrected chi connectivity index (χ0v) is 11.3. The Hall–Kier alpha value is -1.17. The quantitative estimate of drug-likeness (QED) is 0.883. The van der Waals surface area contributed by atoms with Crippen molar-refractivity contribution in [1.82, 2.24) is 5.32 Å². The van der Waals surface area contributed by atoms with E-state index < -0.39 is 0 Å². The fourth-order valence-electron chi connectivity index (χ4n) is 2.04. The minimum Gasteiger partial charge on any atom is -0.497 e. The van der Waals surface area contributed by atoms with Crippen LogP contribution in [0, 0.1) is 5.82 Å². The summed E-state index contributed by atoms with van der Waals surface area (Å²) in [5.74, 6) is 0.199. The van der Waals surface area contributed by atoms with Gasteiger partial charge in [0.15, 0.2) is 0 Å². The second kappa shape index (κ2) is 6.84. The van der Waals surface area contributed by atoms with Gasteiger partial charge in [0.05, 0.1) is 32.5 Å². The average molecular weight is 269 g/mol. The van der Waals surface area contributed by atoms with Crippen molar-refractivity contribution < 1.29 is 18.6 Å². The highest BCUT2D eigenvalue weighted by Crippen LogP contribution is 2.17. The number of morpholine rings is 1. The second-order valence-electron chi connectivity index (χ2n) is 4.70. The molecular weight excluding hydrogens is 249 g/mol. The zero-order chi connectivity index (χ0) is 13.7. The van der Waals surface area contributed by atoms with Crippen molar-refractivity contribution in [3.63, 3.8) is 0 Å². The highest BCUT2D eigenvalue weighted by Gasteiger charge is 2.18. The van der Waals surface area contributed by atoms with E-state index >= 15 is 0 Å². The van der Waals surface area contributed by atoms with E-state index in [-0.39, 0.29) is 24.6 Å². The maximum absolute atomic E-state index is 13.7. The summed E-state index contributed by atoms with van der Waals surface area (Å²) in [5, 5.41) is 3.26. The molecular formula is C14H20FNO3. The maximum atomic E-state index is 13.7. The smallest absolute Gasteiger partial charge is 0.132 e. The summed E-state index contributed by atoms with van der Waals surface area (Å²) in [4.78, 5) is 0. The van der Waals surface area contributed by atoms with Crippen LogP contribution in [0.3, 0.4) is 0 Å². The number of ether oxygens (including phenoxy) is 3. The van der Waals surface area contributed by atoms with Gasteiger partial charge in [0, 0.05) is 24.7 Å². The molecule has 0 aliphatic carbocycles. The van der Waals surface area contributed by atoms with Crippen LogP contribution in [0.5, 0.6) is 5.75 Å². The van der Waals surface area contributed by atoms with Gasteiger partial charge in [0.25, 0.3) is 0 Å². The minimum absolute atomic E-state index is 0.0325. The number of methoxy groups -OCH3 is 1. The van der Waals surface area contributed by atoms with Gasteiger partial charge in [-0.05, 0) is 13.0 Å². The van der Waals surface area contributed by atoms with Gasteiger partial charge in [-0.1, -0.05) is 6.07 Å². The molecule has 1 aromatic carbocycles. The highest BCUT2D eigenvalue weighted by atomic mass is 19.1. The summed E-state index contributed by atoms with van der Waals surface area (Å²) in [6.45, 7) is 4.36. The van der Waals surface area contributed by atoms with Crippen LogP contribution in [0.15, 0.2) is 18.2 Å². The van der Waals surface area contributed by atoms with E-state index in [9.17, 15) is 4.39 Å². The van der Waals surface area contributed by atoms with Gasteiger partial charge >= 0.3 is 0 Å². The Balaban J connectivity index is 1.79. The van der Waals surface area contributed by atoms with Crippen LogP contribution >= 0.6 is 0 Å². The summed E-state index contributed by atoms with van der Waals surface area (Å²) in [5.41, 5.74) is 0.526. The maximum Gasteiger partial charge on any atom is 0.132 e. The van der Waals surface area contributed by atoms with Gasteiger partial charge in [-0.15, -0.1) is 0 Å². The zero-order valence-electron chi connectivity index (χ0n) is 11.3. The lowest BCUT2D eigenvalue weighted by atomic mass is 10.2. The molecule has 5 heteroatoms. The fraction of sp³-hybridized carbons (Fsp3) is 0.571. The molecule has 0 saturated carbocycles. The van der Waals surface area contributed by atoms with Crippen molar-refractivity contribution in [2.75, 3.05) is 26.8 Å². The molecule has 2 unspecified atom stereocenters. The molecule has 1 aromatic rings. The Kier molecular flexibility index (Phi) is 5.13. The predicted octanol–water partition coefficient (Wildman–Crippen LogP) is 1.73. The van der Waals surface area contributed by atoms with Gasteiger partial charge in [0.2, 0.25) is 0 Å². The third-order valence-corrected chi connectivity index (χ3v) is 3.05. The molecule has 1 heterocycles. The first-order valence-corrected chi connectivity index (χ1v) is 6.45. The Bertz CT molecular complexity index is 414. The van der Waals surface area contributed by atoms with E-state index in [4.69, 9.17) is 14.2 Å². The molecule has 1 N–H and O–H groups in total. The standard InChI is InChI=1S/C14H20FNO3/c1-10-6-16-7-13(19-10)9-18-8-11-3-4-12(17-2)5-14(11)15/h3-5,10,13,16H,6-9H2,1-2H3. The molecule has 0 radical (unpaired) electrons. The van der Waals surface area contributed by atoms with Crippen molar-refractivity contribution in [3.8, 4) is 5.75 Å². The third-order valence-electron chi connectivity index (χ3n) is 3.05. The van der Waals surface area contributed by atoms with Crippen molar-refractivity contribution in [3.05, 3.63) is 29.6 Å². The molecule has 1 aliphatic heterocycles. The van der Waals surface area contributed by atoms with Gasteiger partial charge in [-0.25, -0.2) is 4.39 Å². The first-order valence-electron chi connectivity index (χ1n) is 6.45.